The van der Waals surface area contributed by atoms with Crippen molar-refractivity contribution in [2.75, 3.05) is 19.8 Å². The molecule has 0 aromatic carbocycles. The molecule has 1 aliphatic heterocycles. The van der Waals surface area contributed by atoms with Crippen LogP contribution in [0, 0.1) is 5.92 Å². The van der Waals surface area contributed by atoms with Crippen molar-refractivity contribution < 1.29 is 19.4 Å². The molecule has 5 heteroatoms. The molecule has 2 atom stereocenters. The maximum atomic E-state index is 11.8. The van der Waals surface area contributed by atoms with Crippen LogP contribution in [0.5, 0.6) is 0 Å². The summed E-state index contributed by atoms with van der Waals surface area (Å²) in [6.45, 7) is 5.03. The summed E-state index contributed by atoms with van der Waals surface area (Å²) >= 11 is 0. The van der Waals surface area contributed by atoms with Crippen molar-refractivity contribution in [1.82, 2.24) is 4.90 Å². The molecule has 1 saturated heterocycles. The molecule has 0 spiro atoms. The van der Waals surface area contributed by atoms with E-state index in [1.54, 1.807) is 11.8 Å². The third-order valence-electron chi connectivity index (χ3n) is 3.26. The number of carboxylic acid groups (broad SMARTS) is 1. The van der Waals surface area contributed by atoms with E-state index in [-0.39, 0.29) is 18.6 Å². The summed E-state index contributed by atoms with van der Waals surface area (Å²) in [5.74, 6) is -1.35. The van der Waals surface area contributed by atoms with Crippen LogP contribution in [-0.2, 0) is 14.3 Å². The Morgan fingerprint density at radius 1 is 1.47 bits per heavy atom. The molecular formula is C12H21NO4. The van der Waals surface area contributed by atoms with Crippen molar-refractivity contribution in [3.05, 3.63) is 0 Å². The van der Waals surface area contributed by atoms with Gasteiger partial charge in [-0.05, 0) is 19.8 Å². The third-order valence-corrected chi connectivity index (χ3v) is 3.26. The second-order valence-electron chi connectivity index (χ2n) is 4.47. The number of nitrogens with zero attached hydrogens (tertiary/aromatic N) is 1. The Bertz CT molecular complexity index is 280. The van der Waals surface area contributed by atoms with Crippen molar-refractivity contribution in [3.63, 3.8) is 0 Å². The Morgan fingerprint density at radius 3 is 2.71 bits per heavy atom. The van der Waals surface area contributed by atoms with Crippen LogP contribution in [0.2, 0.25) is 0 Å². The first-order valence-electron chi connectivity index (χ1n) is 6.18. The lowest BCUT2D eigenvalue weighted by Crippen LogP contribution is -2.39. The SMILES string of the molecule is CCCCOCC(=O)N1CCC(C(=O)O)C1C. The molecule has 1 fully saturated rings. The van der Waals surface area contributed by atoms with Crippen LogP contribution in [0.3, 0.4) is 0 Å². The second-order valence-corrected chi connectivity index (χ2v) is 4.47. The highest BCUT2D eigenvalue weighted by Gasteiger charge is 2.37. The highest BCUT2D eigenvalue weighted by atomic mass is 16.5. The summed E-state index contributed by atoms with van der Waals surface area (Å²) < 4.78 is 5.25. The topological polar surface area (TPSA) is 66.8 Å². The number of ether oxygens (including phenoxy) is 1. The first kappa shape index (κ1) is 14.0. The minimum atomic E-state index is -0.820. The Morgan fingerprint density at radius 2 is 2.18 bits per heavy atom. The Kier molecular flexibility index (Phi) is 5.41. The lowest BCUT2D eigenvalue weighted by atomic mass is 10.0. The van der Waals surface area contributed by atoms with E-state index in [0.29, 0.717) is 19.6 Å². The van der Waals surface area contributed by atoms with Crippen LogP contribution in [0.25, 0.3) is 0 Å². The van der Waals surface area contributed by atoms with Gasteiger partial charge >= 0.3 is 5.97 Å². The van der Waals surface area contributed by atoms with Crippen molar-refractivity contribution in [1.29, 1.82) is 0 Å². The minimum absolute atomic E-state index is 0.0661. The van der Waals surface area contributed by atoms with E-state index in [1.165, 1.54) is 0 Å². The normalized spacial score (nSPS) is 24.0. The molecule has 0 aromatic heterocycles. The first-order chi connectivity index (χ1) is 8.07. The molecule has 0 saturated carbocycles. The minimum Gasteiger partial charge on any atom is -0.481 e. The number of hydrogen-bond acceptors (Lipinski definition) is 3. The molecule has 0 bridgehead atoms. The van der Waals surface area contributed by atoms with Crippen LogP contribution in [0.15, 0.2) is 0 Å². The number of likely N-dealkylation sites (tertiary alicyclic amines) is 1. The van der Waals surface area contributed by atoms with E-state index in [9.17, 15) is 9.59 Å². The number of amides is 1. The van der Waals surface area contributed by atoms with E-state index in [0.717, 1.165) is 12.8 Å². The Balaban J connectivity index is 2.35. The van der Waals surface area contributed by atoms with Crippen LogP contribution in [-0.4, -0.2) is 47.7 Å². The zero-order chi connectivity index (χ0) is 12.8. The highest BCUT2D eigenvalue weighted by molar-refractivity contribution is 5.80. The average Bonchev–Trinajstić information content (AvgIpc) is 2.66. The predicted octanol–water partition coefficient (Wildman–Crippen LogP) is 1.12. The van der Waals surface area contributed by atoms with Gasteiger partial charge in [-0.15, -0.1) is 0 Å². The van der Waals surface area contributed by atoms with Crippen LogP contribution in [0.1, 0.15) is 33.1 Å². The summed E-state index contributed by atoms with van der Waals surface area (Å²) in [6, 6.07) is -0.227. The quantitative estimate of drug-likeness (QED) is 0.710. The number of carbonyl (C=O) groups excluding carboxylic acids is 1. The van der Waals surface area contributed by atoms with Crippen molar-refractivity contribution in [3.8, 4) is 0 Å². The van der Waals surface area contributed by atoms with Gasteiger partial charge in [0, 0.05) is 19.2 Å². The van der Waals surface area contributed by atoms with Gasteiger partial charge in [-0.2, -0.15) is 0 Å². The van der Waals surface area contributed by atoms with E-state index < -0.39 is 11.9 Å². The lowest BCUT2D eigenvalue weighted by Gasteiger charge is -2.23. The second kappa shape index (κ2) is 6.59. The molecule has 0 aromatic rings. The molecule has 17 heavy (non-hydrogen) atoms. The number of carbonyl (C=O) groups is 2. The molecule has 1 N–H and O–H groups in total. The standard InChI is InChI=1S/C12H21NO4/c1-3-4-7-17-8-11(14)13-6-5-10(9(13)2)12(15)16/h9-10H,3-8H2,1-2H3,(H,15,16). The molecule has 0 aliphatic carbocycles. The summed E-state index contributed by atoms with van der Waals surface area (Å²) in [5.41, 5.74) is 0. The first-order valence-corrected chi connectivity index (χ1v) is 6.18. The summed E-state index contributed by atoms with van der Waals surface area (Å²) in [6.07, 6.45) is 2.52. The molecule has 1 amide bonds. The highest BCUT2D eigenvalue weighted by Crippen LogP contribution is 2.24. The number of hydrogen-bond donors (Lipinski definition) is 1. The summed E-state index contributed by atoms with van der Waals surface area (Å²) in [7, 11) is 0. The van der Waals surface area contributed by atoms with Crippen molar-refractivity contribution in [2.24, 2.45) is 5.92 Å². The zero-order valence-corrected chi connectivity index (χ0v) is 10.5. The summed E-state index contributed by atoms with van der Waals surface area (Å²) in [5, 5.41) is 8.96. The van der Waals surface area contributed by atoms with Gasteiger partial charge < -0.3 is 14.7 Å². The average molecular weight is 243 g/mol. The van der Waals surface area contributed by atoms with Crippen molar-refractivity contribution in [2.45, 2.75) is 39.2 Å². The fraction of sp³-hybridized carbons (Fsp3) is 0.833. The van der Waals surface area contributed by atoms with Gasteiger partial charge in [0.1, 0.15) is 6.61 Å². The molecule has 1 aliphatic rings. The van der Waals surface area contributed by atoms with Gasteiger partial charge in [0.15, 0.2) is 0 Å². The van der Waals surface area contributed by atoms with Gasteiger partial charge in [-0.3, -0.25) is 9.59 Å². The maximum Gasteiger partial charge on any atom is 0.308 e. The number of unbranched alkanes of at least 4 members (excludes halogenated alkanes) is 1. The van der Waals surface area contributed by atoms with E-state index in [2.05, 4.69) is 6.92 Å². The van der Waals surface area contributed by atoms with Gasteiger partial charge in [-0.25, -0.2) is 0 Å². The molecule has 1 heterocycles. The van der Waals surface area contributed by atoms with Crippen LogP contribution in [0.4, 0.5) is 0 Å². The fourth-order valence-electron chi connectivity index (χ4n) is 2.11. The zero-order valence-electron chi connectivity index (χ0n) is 10.5. The number of aliphatic carboxylic acids is 1. The monoisotopic (exact) mass is 243 g/mol. The van der Waals surface area contributed by atoms with Crippen molar-refractivity contribution >= 4 is 11.9 Å². The maximum absolute atomic E-state index is 11.8. The van der Waals surface area contributed by atoms with Gasteiger partial charge in [-0.1, -0.05) is 13.3 Å². The van der Waals surface area contributed by atoms with E-state index in [4.69, 9.17) is 9.84 Å². The molecular weight excluding hydrogens is 222 g/mol. The Hall–Kier alpha value is -1.10. The number of rotatable bonds is 6. The van der Waals surface area contributed by atoms with Gasteiger partial charge in [0.05, 0.1) is 5.92 Å². The molecule has 5 nitrogen and oxygen atoms in total. The lowest BCUT2D eigenvalue weighted by molar-refractivity contribution is -0.143. The third kappa shape index (κ3) is 3.70. The molecule has 1 rings (SSSR count). The van der Waals surface area contributed by atoms with Gasteiger partial charge in [0.2, 0.25) is 5.91 Å². The Labute approximate surface area is 102 Å². The molecule has 98 valence electrons. The summed E-state index contributed by atoms with van der Waals surface area (Å²) in [4.78, 5) is 24.3. The van der Waals surface area contributed by atoms with E-state index in [1.807, 2.05) is 0 Å². The predicted molar refractivity (Wildman–Crippen MR) is 62.6 cm³/mol. The fourth-order valence-corrected chi connectivity index (χ4v) is 2.11. The van der Waals surface area contributed by atoms with E-state index >= 15 is 0 Å². The van der Waals surface area contributed by atoms with Gasteiger partial charge in [0.25, 0.3) is 0 Å². The largest absolute Gasteiger partial charge is 0.481 e. The molecule has 2 unspecified atom stereocenters. The van der Waals surface area contributed by atoms with Crippen LogP contribution < -0.4 is 0 Å². The smallest absolute Gasteiger partial charge is 0.308 e. The van der Waals surface area contributed by atoms with Crippen LogP contribution >= 0.6 is 0 Å². The molecule has 0 radical (unpaired) electrons. The number of carboxylic acids is 1.